The second kappa shape index (κ2) is 9.94. The van der Waals surface area contributed by atoms with Gasteiger partial charge in [-0.05, 0) is 44.2 Å². The number of benzene rings is 2. The van der Waals surface area contributed by atoms with Gasteiger partial charge in [-0.3, -0.25) is 5.09 Å². The molecule has 0 radical (unpaired) electrons. The molecule has 29 heavy (non-hydrogen) atoms. The van der Waals surface area contributed by atoms with Crippen molar-refractivity contribution in [2.45, 2.75) is 26.4 Å². The number of ether oxygens (including phenoxy) is 1. The number of hydrogen-bond acceptors (Lipinski definition) is 7. The van der Waals surface area contributed by atoms with Crippen molar-refractivity contribution in [1.82, 2.24) is 15.2 Å². The van der Waals surface area contributed by atoms with Crippen LogP contribution in [0.4, 0.5) is 0 Å². The SMILES string of the molecule is CC(C)Oc1ccc(-c2noc(-c3ccc(P(O)NCCC=O)cc3)n2)cc1Cl. The minimum Gasteiger partial charge on any atom is -0.489 e. The Morgan fingerprint density at radius 2 is 1.97 bits per heavy atom. The van der Waals surface area contributed by atoms with Gasteiger partial charge in [0.2, 0.25) is 5.82 Å². The smallest absolute Gasteiger partial charge is 0.258 e. The highest BCUT2D eigenvalue weighted by molar-refractivity contribution is 7.57. The monoisotopic (exact) mass is 433 g/mol. The summed E-state index contributed by atoms with van der Waals surface area (Å²) in [6.45, 7) is 4.30. The number of halogens is 1. The van der Waals surface area contributed by atoms with E-state index in [4.69, 9.17) is 20.9 Å². The molecule has 9 heteroatoms. The molecule has 7 nitrogen and oxygen atoms in total. The first-order valence-electron chi connectivity index (χ1n) is 9.05. The number of carbonyl (C=O) groups excluding carboxylic acids is 1. The van der Waals surface area contributed by atoms with Crippen molar-refractivity contribution in [3.05, 3.63) is 47.5 Å². The van der Waals surface area contributed by atoms with Crippen LogP contribution in [0.25, 0.3) is 22.8 Å². The second-order valence-electron chi connectivity index (χ2n) is 6.46. The average Bonchev–Trinajstić information content (AvgIpc) is 3.20. The number of nitrogens with one attached hydrogen (secondary N) is 1. The van der Waals surface area contributed by atoms with Crippen molar-refractivity contribution in [3.8, 4) is 28.6 Å². The van der Waals surface area contributed by atoms with Crippen LogP contribution < -0.4 is 15.1 Å². The summed E-state index contributed by atoms with van der Waals surface area (Å²) in [5.74, 6) is 1.38. The van der Waals surface area contributed by atoms with Crippen molar-refractivity contribution >= 4 is 31.5 Å². The van der Waals surface area contributed by atoms with Crippen LogP contribution >= 0.6 is 19.9 Å². The van der Waals surface area contributed by atoms with E-state index in [0.29, 0.717) is 35.5 Å². The van der Waals surface area contributed by atoms with Gasteiger partial charge in [-0.2, -0.15) is 4.98 Å². The van der Waals surface area contributed by atoms with E-state index >= 15 is 0 Å². The number of aldehydes is 1. The van der Waals surface area contributed by atoms with E-state index < -0.39 is 8.30 Å². The first-order chi connectivity index (χ1) is 14.0. The Morgan fingerprint density at radius 3 is 2.62 bits per heavy atom. The van der Waals surface area contributed by atoms with Gasteiger partial charge in [-0.15, -0.1) is 0 Å². The van der Waals surface area contributed by atoms with Crippen LogP contribution in [0.3, 0.4) is 0 Å². The highest BCUT2D eigenvalue weighted by Crippen LogP contribution is 2.31. The van der Waals surface area contributed by atoms with Gasteiger partial charge in [0.25, 0.3) is 5.89 Å². The van der Waals surface area contributed by atoms with Crippen LogP contribution in [0.1, 0.15) is 20.3 Å². The Morgan fingerprint density at radius 1 is 1.24 bits per heavy atom. The Kier molecular flexibility index (Phi) is 7.34. The van der Waals surface area contributed by atoms with Crippen molar-refractivity contribution in [2.75, 3.05) is 6.54 Å². The molecule has 0 aliphatic rings. The molecule has 0 saturated carbocycles. The summed E-state index contributed by atoms with van der Waals surface area (Å²) in [4.78, 5) is 24.9. The fourth-order valence-electron chi connectivity index (χ4n) is 2.51. The van der Waals surface area contributed by atoms with E-state index in [9.17, 15) is 9.69 Å². The molecular formula is C20H21ClN3O4P. The van der Waals surface area contributed by atoms with Crippen LogP contribution in [-0.2, 0) is 4.79 Å². The summed E-state index contributed by atoms with van der Waals surface area (Å²) in [5, 5.41) is 8.16. The maximum atomic E-state index is 10.4. The van der Waals surface area contributed by atoms with Gasteiger partial charge in [0.05, 0.1) is 11.1 Å². The van der Waals surface area contributed by atoms with Gasteiger partial charge in [0.1, 0.15) is 20.3 Å². The minimum absolute atomic E-state index is 0.0262. The standard InChI is InChI=1S/C20H21ClN3O4P/c1-13(2)27-18-9-6-15(12-17(18)21)19-23-20(28-24-19)14-4-7-16(8-5-14)29(26)22-10-3-11-25/h4-9,11-13,22,26H,3,10H2,1-2H3. The molecular weight excluding hydrogens is 413 g/mol. The molecule has 1 atom stereocenters. The molecule has 0 saturated heterocycles. The van der Waals surface area contributed by atoms with Crippen LogP contribution in [0.15, 0.2) is 47.0 Å². The fourth-order valence-corrected chi connectivity index (χ4v) is 3.69. The predicted octanol–water partition coefficient (Wildman–Crippen LogP) is 3.95. The lowest BCUT2D eigenvalue weighted by Gasteiger charge is -2.11. The van der Waals surface area contributed by atoms with Crippen molar-refractivity contribution in [2.24, 2.45) is 0 Å². The van der Waals surface area contributed by atoms with Crippen LogP contribution in [0, 0.1) is 0 Å². The highest BCUT2D eigenvalue weighted by atomic mass is 35.5. The second-order valence-corrected chi connectivity index (χ2v) is 8.32. The third kappa shape index (κ3) is 5.61. The normalized spacial score (nSPS) is 12.2. The molecule has 1 unspecified atom stereocenters. The molecule has 2 aromatic carbocycles. The molecule has 0 aliphatic carbocycles. The van der Waals surface area contributed by atoms with E-state index in [2.05, 4.69) is 15.2 Å². The molecule has 3 rings (SSSR count). The zero-order chi connectivity index (χ0) is 20.8. The zero-order valence-corrected chi connectivity index (χ0v) is 17.7. The summed E-state index contributed by atoms with van der Waals surface area (Å²) >= 11 is 6.28. The van der Waals surface area contributed by atoms with Crippen LogP contribution in [0.2, 0.25) is 5.02 Å². The largest absolute Gasteiger partial charge is 0.489 e. The minimum atomic E-state index is -1.51. The Hall–Kier alpha value is -2.31. The van der Waals surface area contributed by atoms with Crippen molar-refractivity contribution < 1.29 is 18.9 Å². The molecule has 1 heterocycles. The van der Waals surface area contributed by atoms with Gasteiger partial charge in [-0.1, -0.05) is 28.9 Å². The molecule has 2 N–H and O–H groups in total. The lowest BCUT2D eigenvalue weighted by molar-refractivity contribution is -0.107. The fraction of sp³-hybridized carbons (Fsp3) is 0.250. The van der Waals surface area contributed by atoms with Gasteiger partial charge >= 0.3 is 0 Å². The van der Waals surface area contributed by atoms with Gasteiger partial charge in [-0.25, -0.2) is 0 Å². The maximum Gasteiger partial charge on any atom is 0.258 e. The van der Waals surface area contributed by atoms with Crippen molar-refractivity contribution in [1.29, 1.82) is 0 Å². The molecule has 1 aromatic heterocycles. The molecule has 0 amide bonds. The molecule has 0 bridgehead atoms. The van der Waals surface area contributed by atoms with E-state index in [-0.39, 0.29) is 6.10 Å². The molecule has 0 spiro atoms. The van der Waals surface area contributed by atoms with Gasteiger partial charge in [0.15, 0.2) is 0 Å². The van der Waals surface area contributed by atoms with E-state index in [1.54, 1.807) is 36.4 Å². The Labute approximate surface area is 174 Å². The highest BCUT2D eigenvalue weighted by Gasteiger charge is 2.14. The Balaban J connectivity index is 1.73. The lowest BCUT2D eigenvalue weighted by Crippen LogP contribution is -2.16. The number of nitrogens with zero attached hydrogens (tertiary/aromatic N) is 2. The summed E-state index contributed by atoms with van der Waals surface area (Å²) in [6.07, 6.45) is 1.19. The number of rotatable bonds is 9. The third-order valence-electron chi connectivity index (χ3n) is 3.86. The van der Waals surface area contributed by atoms with E-state index in [0.717, 1.165) is 22.7 Å². The number of hydrogen-bond donors (Lipinski definition) is 2. The van der Waals surface area contributed by atoms with Gasteiger partial charge in [0, 0.05) is 29.4 Å². The van der Waals surface area contributed by atoms with Gasteiger partial charge < -0.3 is 18.9 Å². The summed E-state index contributed by atoms with van der Waals surface area (Å²) in [6, 6.07) is 12.5. The van der Waals surface area contributed by atoms with Crippen LogP contribution in [0.5, 0.6) is 5.75 Å². The Bertz CT molecular complexity index is 963. The van der Waals surface area contributed by atoms with Crippen LogP contribution in [-0.4, -0.2) is 34.0 Å². The molecule has 0 aliphatic heterocycles. The predicted molar refractivity (Wildman–Crippen MR) is 113 cm³/mol. The molecule has 3 aromatic rings. The zero-order valence-electron chi connectivity index (χ0n) is 16.0. The lowest BCUT2D eigenvalue weighted by atomic mass is 10.2. The van der Waals surface area contributed by atoms with E-state index in [1.807, 2.05) is 19.9 Å². The maximum absolute atomic E-state index is 10.4. The third-order valence-corrected chi connectivity index (χ3v) is 5.47. The average molecular weight is 434 g/mol. The topological polar surface area (TPSA) is 97.5 Å². The molecule has 152 valence electrons. The quantitative estimate of drug-likeness (QED) is 0.299. The number of carbonyl (C=O) groups is 1. The summed E-state index contributed by atoms with van der Waals surface area (Å²) in [5.41, 5.74) is 1.45. The van der Waals surface area contributed by atoms with E-state index in [1.165, 1.54) is 0 Å². The number of aromatic nitrogens is 2. The first-order valence-corrected chi connectivity index (χ1v) is 10.7. The van der Waals surface area contributed by atoms with Crippen molar-refractivity contribution in [3.63, 3.8) is 0 Å². The summed E-state index contributed by atoms with van der Waals surface area (Å²) in [7, 11) is -1.51. The summed E-state index contributed by atoms with van der Waals surface area (Å²) < 4.78 is 11.0. The molecule has 0 fully saturated rings. The first kappa shape index (κ1) is 21.4.